The van der Waals surface area contributed by atoms with Gasteiger partial charge in [-0.1, -0.05) is 0 Å². The third-order valence-corrected chi connectivity index (χ3v) is 0. The van der Waals surface area contributed by atoms with Crippen molar-refractivity contribution in [1.82, 2.24) is 0 Å². The van der Waals surface area contributed by atoms with Gasteiger partial charge in [-0.3, -0.25) is 0 Å². The molecule has 0 amide bonds. The minimum Gasteiger partial charge on any atom is 0 e. The first-order chi connectivity index (χ1) is 0. The summed E-state index contributed by atoms with van der Waals surface area (Å²) < 4.78 is 0. The Bertz CT molecular complexity index is 9.65. The van der Waals surface area contributed by atoms with Gasteiger partial charge in [-0.25, -0.2) is 0 Å². The normalized spacial score (nSPS) is 0. The molecule has 0 bridgehead atoms. The molecule has 7 heteroatoms. The fourth-order valence-electron chi connectivity index (χ4n) is 0. The Morgan fingerprint density at radius 2 is 0.429 bits per heavy atom. The van der Waals surface area contributed by atoms with E-state index in [2.05, 4.69) is 0 Å². The van der Waals surface area contributed by atoms with Crippen molar-refractivity contribution < 1.29 is 20.4 Å². The molecule has 0 aliphatic heterocycles. The molecular formula is H6Cl4Li2Pd. The SMILES string of the molecule is Cl.Cl.Cl.Cl.[LiH].[LiH].[Pd]. The molecule has 0 radical (unpaired) electrons. The van der Waals surface area contributed by atoms with Crippen LogP contribution in [0.5, 0.6) is 0 Å². The van der Waals surface area contributed by atoms with Crippen molar-refractivity contribution in [2.75, 3.05) is 0 Å². The van der Waals surface area contributed by atoms with Crippen molar-refractivity contribution in [2.45, 2.75) is 0 Å². The zero-order valence-electron chi connectivity index (χ0n) is 1.95. The van der Waals surface area contributed by atoms with Gasteiger partial charge >= 0.3 is 37.7 Å². The Morgan fingerprint density at radius 1 is 0.429 bits per heavy atom. The maximum atomic E-state index is 0. The van der Waals surface area contributed by atoms with Gasteiger partial charge in [0.1, 0.15) is 0 Å². The zero-order chi connectivity index (χ0) is 0. The van der Waals surface area contributed by atoms with Crippen LogP contribution in [0.4, 0.5) is 0 Å². The molecule has 0 heterocycles. The summed E-state index contributed by atoms with van der Waals surface area (Å²) in [7, 11) is 0. The summed E-state index contributed by atoms with van der Waals surface area (Å²) in [6.45, 7) is 0. The number of hydrogen-bond acceptors (Lipinski definition) is 0. The smallest absolute Gasteiger partial charge is 0 e. The molecular weight excluding hydrogens is 262 g/mol. The summed E-state index contributed by atoms with van der Waals surface area (Å²) in [5.41, 5.74) is 0. The molecule has 0 nitrogen and oxygen atoms in total. The predicted molar refractivity (Wildman–Crippen MR) is 43.3 cm³/mol. The van der Waals surface area contributed by atoms with Crippen LogP contribution in [0.3, 0.4) is 0 Å². The molecule has 7 heavy (non-hydrogen) atoms. The minimum absolute atomic E-state index is 0. The number of halogens is 4. The topological polar surface area (TPSA) is 0 Å². The van der Waals surface area contributed by atoms with Gasteiger partial charge in [0.2, 0.25) is 0 Å². The second-order valence-electron chi connectivity index (χ2n) is 0. The fourth-order valence-corrected chi connectivity index (χ4v) is 0. The van der Waals surface area contributed by atoms with Gasteiger partial charge in [-0.15, -0.1) is 49.6 Å². The Kier molecular flexibility index (Phi) is 814. The summed E-state index contributed by atoms with van der Waals surface area (Å²) in [6, 6.07) is 0. The van der Waals surface area contributed by atoms with E-state index in [1.165, 1.54) is 0 Å². The van der Waals surface area contributed by atoms with E-state index < -0.39 is 0 Å². The molecule has 0 aliphatic carbocycles. The van der Waals surface area contributed by atoms with Crippen molar-refractivity contribution in [3.63, 3.8) is 0 Å². The Hall–Kier alpha value is 3.02. The monoisotopic (exact) mass is 266 g/mol. The second-order valence-corrected chi connectivity index (χ2v) is 0. The van der Waals surface area contributed by atoms with Gasteiger partial charge in [0, 0.05) is 20.4 Å². The molecule has 0 fully saturated rings. The van der Waals surface area contributed by atoms with E-state index in [9.17, 15) is 0 Å². The predicted octanol–water partition coefficient (Wildman–Crippen LogP) is 0.388. The van der Waals surface area contributed by atoms with E-state index in [1.807, 2.05) is 0 Å². The summed E-state index contributed by atoms with van der Waals surface area (Å²) >= 11 is 0. The molecule has 0 atom stereocenters. The number of rotatable bonds is 0. The minimum atomic E-state index is 0. The summed E-state index contributed by atoms with van der Waals surface area (Å²) in [5.74, 6) is 0. The van der Waals surface area contributed by atoms with E-state index >= 15 is 0 Å². The van der Waals surface area contributed by atoms with Crippen LogP contribution in [0.25, 0.3) is 0 Å². The van der Waals surface area contributed by atoms with E-state index in [0.29, 0.717) is 0 Å². The molecule has 0 aromatic carbocycles. The van der Waals surface area contributed by atoms with Gasteiger partial charge in [-0.05, 0) is 0 Å². The first-order valence-electron chi connectivity index (χ1n) is 0. The second kappa shape index (κ2) is 63.7. The van der Waals surface area contributed by atoms with Gasteiger partial charge < -0.3 is 0 Å². The maximum absolute atomic E-state index is 0. The standard InChI is InChI=1S/4ClH.2Li.Pd.2H/h4*1H;;;;;. The molecule has 0 aromatic rings. The maximum Gasteiger partial charge on any atom is 0 e. The van der Waals surface area contributed by atoms with Crippen LogP contribution in [-0.4, -0.2) is 37.7 Å². The summed E-state index contributed by atoms with van der Waals surface area (Å²) in [5, 5.41) is 0. The fraction of sp³-hybridized carbons (Fsp3) is 0. The Labute approximate surface area is 106 Å². The Balaban J connectivity index is 0. The molecule has 0 unspecified atom stereocenters. The van der Waals surface area contributed by atoms with Crippen LogP contribution in [0, 0.1) is 0 Å². The molecule has 0 saturated carbocycles. The third-order valence-electron chi connectivity index (χ3n) is 0. The largest absolute Gasteiger partial charge is 0 e. The van der Waals surface area contributed by atoms with Crippen LogP contribution >= 0.6 is 49.6 Å². The van der Waals surface area contributed by atoms with E-state index in [1.54, 1.807) is 0 Å². The van der Waals surface area contributed by atoms with Crippen molar-refractivity contribution >= 4 is 87.3 Å². The van der Waals surface area contributed by atoms with E-state index in [-0.39, 0.29) is 108 Å². The first kappa shape index (κ1) is 89.5. The molecule has 0 aliphatic rings. The molecule has 0 rings (SSSR count). The van der Waals surface area contributed by atoms with Gasteiger partial charge in [0.15, 0.2) is 0 Å². The van der Waals surface area contributed by atoms with Gasteiger partial charge in [0.25, 0.3) is 0 Å². The van der Waals surface area contributed by atoms with Crippen molar-refractivity contribution in [2.24, 2.45) is 0 Å². The van der Waals surface area contributed by atoms with Crippen LogP contribution in [-0.2, 0) is 20.4 Å². The third kappa shape index (κ3) is 48.8. The first-order valence-corrected chi connectivity index (χ1v) is 0. The average Bonchev–Trinajstić information content (AvgIpc) is 0. The van der Waals surface area contributed by atoms with Crippen molar-refractivity contribution in [3.05, 3.63) is 0 Å². The zero-order valence-corrected chi connectivity index (χ0v) is 6.77. The van der Waals surface area contributed by atoms with E-state index in [0.717, 1.165) is 0 Å². The molecule has 46 valence electrons. The van der Waals surface area contributed by atoms with Crippen molar-refractivity contribution in [1.29, 1.82) is 0 Å². The molecule has 0 spiro atoms. The van der Waals surface area contributed by atoms with Gasteiger partial charge in [0.05, 0.1) is 0 Å². The molecule has 0 aromatic heterocycles. The van der Waals surface area contributed by atoms with Crippen LogP contribution in [0.1, 0.15) is 0 Å². The molecule has 0 saturated heterocycles. The average molecular weight is 268 g/mol. The number of hydrogen-bond donors (Lipinski definition) is 0. The van der Waals surface area contributed by atoms with Crippen LogP contribution in [0.2, 0.25) is 0 Å². The van der Waals surface area contributed by atoms with Gasteiger partial charge in [-0.2, -0.15) is 0 Å². The van der Waals surface area contributed by atoms with E-state index in [4.69, 9.17) is 0 Å². The summed E-state index contributed by atoms with van der Waals surface area (Å²) in [4.78, 5) is 0. The Morgan fingerprint density at radius 3 is 0.429 bits per heavy atom. The molecule has 0 N–H and O–H groups in total. The van der Waals surface area contributed by atoms with Crippen molar-refractivity contribution in [3.8, 4) is 0 Å². The van der Waals surface area contributed by atoms with Crippen LogP contribution < -0.4 is 0 Å². The van der Waals surface area contributed by atoms with Crippen LogP contribution in [0.15, 0.2) is 0 Å². The summed E-state index contributed by atoms with van der Waals surface area (Å²) in [6.07, 6.45) is 0. The quantitative estimate of drug-likeness (QED) is 0.557.